The zero-order valence-corrected chi connectivity index (χ0v) is 17.5. The molecule has 4 heterocycles. The summed E-state index contributed by atoms with van der Waals surface area (Å²) in [6, 6.07) is 15.9. The summed E-state index contributed by atoms with van der Waals surface area (Å²) in [4.78, 5) is 22.3. The molecule has 0 spiro atoms. The van der Waals surface area contributed by atoms with Crippen molar-refractivity contribution in [3.8, 4) is 11.5 Å². The Bertz CT molecular complexity index is 1180. The van der Waals surface area contributed by atoms with E-state index in [0.717, 1.165) is 26.1 Å². The van der Waals surface area contributed by atoms with Crippen LogP contribution in [0, 0.1) is 6.92 Å². The van der Waals surface area contributed by atoms with Gasteiger partial charge in [0.1, 0.15) is 5.69 Å². The van der Waals surface area contributed by atoms with E-state index < -0.39 is 0 Å². The van der Waals surface area contributed by atoms with Crippen LogP contribution in [0.2, 0.25) is 0 Å². The quantitative estimate of drug-likeness (QED) is 0.493. The Morgan fingerprint density at radius 1 is 1.06 bits per heavy atom. The average molecular weight is 416 g/mol. The number of aryl methyl sites for hydroxylation is 1. The zero-order chi connectivity index (χ0) is 21.2. The van der Waals surface area contributed by atoms with Gasteiger partial charge in [0.15, 0.2) is 5.76 Å². The number of carbonyl (C=O) groups is 1. The molecule has 0 atom stereocenters. The summed E-state index contributed by atoms with van der Waals surface area (Å²) in [5.74, 6) is 0.574. The highest BCUT2D eigenvalue weighted by Crippen LogP contribution is 2.28. The van der Waals surface area contributed by atoms with E-state index in [2.05, 4.69) is 39.3 Å². The number of aromatic nitrogens is 2. The van der Waals surface area contributed by atoms with E-state index in [0.29, 0.717) is 46.9 Å². The van der Waals surface area contributed by atoms with Crippen molar-refractivity contribution in [3.05, 3.63) is 71.6 Å². The standard InChI is InChI=1S/C24H24N4O3/c1-17-22-19(16-20(21-8-5-15-30-21)25-23(22)31-26-17)24(29)28-13-11-27(12-14-28)10-9-18-6-3-2-4-7-18/h2-8,15-16H,9-14H2,1H3. The topological polar surface area (TPSA) is 75.6 Å². The van der Waals surface area contributed by atoms with Gasteiger partial charge in [-0.3, -0.25) is 9.69 Å². The molecule has 0 unspecified atom stereocenters. The molecule has 0 saturated carbocycles. The number of piperazine rings is 1. The average Bonchev–Trinajstić information content (AvgIpc) is 3.48. The lowest BCUT2D eigenvalue weighted by atomic mass is 10.1. The molecule has 158 valence electrons. The monoisotopic (exact) mass is 416 g/mol. The van der Waals surface area contributed by atoms with Crippen LogP contribution in [-0.4, -0.2) is 58.6 Å². The van der Waals surface area contributed by atoms with Gasteiger partial charge < -0.3 is 13.8 Å². The minimum Gasteiger partial charge on any atom is -0.463 e. The fourth-order valence-electron chi connectivity index (χ4n) is 4.09. The SMILES string of the molecule is Cc1noc2nc(-c3ccco3)cc(C(=O)N3CCN(CCc4ccccc4)CC3)c12. The maximum Gasteiger partial charge on any atom is 0.259 e. The Labute approximate surface area is 180 Å². The number of hydrogen-bond acceptors (Lipinski definition) is 6. The van der Waals surface area contributed by atoms with E-state index in [1.807, 2.05) is 24.0 Å². The molecule has 1 aromatic carbocycles. The number of rotatable bonds is 5. The smallest absolute Gasteiger partial charge is 0.259 e. The van der Waals surface area contributed by atoms with Gasteiger partial charge in [-0.15, -0.1) is 0 Å². The number of amides is 1. The first kappa shape index (κ1) is 19.5. The van der Waals surface area contributed by atoms with Crippen molar-refractivity contribution in [2.24, 2.45) is 0 Å². The van der Waals surface area contributed by atoms with Crippen molar-refractivity contribution >= 4 is 17.0 Å². The summed E-state index contributed by atoms with van der Waals surface area (Å²) in [5.41, 5.74) is 3.49. The Morgan fingerprint density at radius 3 is 2.61 bits per heavy atom. The van der Waals surface area contributed by atoms with Gasteiger partial charge in [0.2, 0.25) is 0 Å². The van der Waals surface area contributed by atoms with Crippen molar-refractivity contribution in [1.82, 2.24) is 19.9 Å². The lowest BCUT2D eigenvalue weighted by molar-refractivity contribution is 0.0640. The maximum absolute atomic E-state index is 13.5. The number of pyridine rings is 1. The van der Waals surface area contributed by atoms with Gasteiger partial charge in [-0.1, -0.05) is 35.5 Å². The van der Waals surface area contributed by atoms with Crippen LogP contribution in [0.25, 0.3) is 22.6 Å². The van der Waals surface area contributed by atoms with Crippen molar-refractivity contribution in [2.75, 3.05) is 32.7 Å². The Hall–Kier alpha value is -3.45. The zero-order valence-electron chi connectivity index (χ0n) is 17.5. The van der Waals surface area contributed by atoms with Crippen LogP contribution in [0.3, 0.4) is 0 Å². The molecule has 1 aliphatic heterocycles. The summed E-state index contributed by atoms with van der Waals surface area (Å²) >= 11 is 0. The minimum absolute atomic E-state index is 0.0192. The third-order valence-electron chi connectivity index (χ3n) is 5.84. The number of benzene rings is 1. The van der Waals surface area contributed by atoms with Gasteiger partial charge in [0.25, 0.3) is 11.6 Å². The second-order valence-corrected chi connectivity index (χ2v) is 7.85. The molecule has 0 aliphatic carbocycles. The highest BCUT2D eigenvalue weighted by atomic mass is 16.5. The van der Waals surface area contributed by atoms with Crippen LogP contribution in [0.5, 0.6) is 0 Å². The molecule has 5 rings (SSSR count). The van der Waals surface area contributed by atoms with Gasteiger partial charge in [-0.2, -0.15) is 0 Å². The van der Waals surface area contributed by atoms with Crippen molar-refractivity contribution in [1.29, 1.82) is 0 Å². The van der Waals surface area contributed by atoms with E-state index in [1.165, 1.54) is 5.56 Å². The van der Waals surface area contributed by atoms with E-state index >= 15 is 0 Å². The number of nitrogens with zero attached hydrogens (tertiary/aromatic N) is 4. The van der Waals surface area contributed by atoms with Crippen molar-refractivity contribution in [2.45, 2.75) is 13.3 Å². The fourth-order valence-corrected chi connectivity index (χ4v) is 4.09. The van der Waals surface area contributed by atoms with Gasteiger partial charge in [0, 0.05) is 32.7 Å². The summed E-state index contributed by atoms with van der Waals surface area (Å²) in [6.45, 7) is 5.94. The second-order valence-electron chi connectivity index (χ2n) is 7.85. The fraction of sp³-hybridized carbons (Fsp3) is 0.292. The maximum atomic E-state index is 13.5. The summed E-state index contributed by atoms with van der Waals surface area (Å²) < 4.78 is 10.9. The molecule has 0 bridgehead atoms. The van der Waals surface area contributed by atoms with Crippen LogP contribution in [-0.2, 0) is 6.42 Å². The van der Waals surface area contributed by atoms with Crippen molar-refractivity contribution in [3.63, 3.8) is 0 Å². The first-order chi connectivity index (χ1) is 15.2. The number of fused-ring (bicyclic) bond motifs is 1. The Balaban J connectivity index is 1.32. The highest BCUT2D eigenvalue weighted by molar-refractivity contribution is 6.06. The van der Waals surface area contributed by atoms with Gasteiger partial charge in [-0.25, -0.2) is 4.98 Å². The van der Waals surface area contributed by atoms with Gasteiger partial charge in [0.05, 0.1) is 22.9 Å². The molecule has 1 amide bonds. The largest absolute Gasteiger partial charge is 0.463 e. The number of furan rings is 1. The molecule has 7 nitrogen and oxygen atoms in total. The molecular weight excluding hydrogens is 392 g/mol. The Kier molecular flexibility index (Phi) is 5.26. The van der Waals surface area contributed by atoms with Crippen LogP contribution in [0.4, 0.5) is 0 Å². The summed E-state index contributed by atoms with van der Waals surface area (Å²) in [7, 11) is 0. The Morgan fingerprint density at radius 2 is 1.87 bits per heavy atom. The van der Waals surface area contributed by atoms with E-state index in [-0.39, 0.29) is 5.91 Å². The number of carbonyl (C=O) groups excluding carboxylic acids is 1. The highest BCUT2D eigenvalue weighted by Gasteiger charge is 2.26. The minimum atomic E-state index is -0.0192. The summed E-state index contributed by atoms with van der Waals surface area (Å²) in [6.07, 6.45) is 2.61. The van der Waals surface area contributed by atoms with Crippen LogP contribution >= 0.6 is 0 Å². The third kappa shape index (κ3) is 3.96. The lowest BCUT2D eigenvalue weighted by Gasteiger charge is -2.35. The predicted molar refractivity (Wildman–Crippen MR) is 117 cm³/mol. The van der Waals surface area contributed by atoms with E-state index in [1.54, 1.807) is 18.4 Å². The van der Waals surface area contributed by atoms with Gasteiger partial charge >= 0.3 is 0 Å². The number of hydrogen-bond donors (Lipinski definition) is 0. The van der Waals surface area contributed by atoms with E-state index in [4.69, 9.17) is 8.94 Å². The molecule has 4 aromatic rings. The van der Waals surface area contributed by atoms with Crippen LogP contribution in [0.1, 0.15) is 21.6 Å². The molecule has 1 aliphatic rings. The van der Waals surface area contributed by atoms with Crippen molar-refractivity contribution < 1.29 is 13.7 Å². The molecule has 7 heteroatoms. The predicted octanol–water partition coefficient (Wildman–Crippen LogP) is 3.79. The van der Waals surface area contributed by atoms with Gasteiger partial charge in [-0.05, 0) is 37.1 Å². The molecule has 0 radical (unpaired) electrons. The molecule has 31 heavy (non-hydrogen) atoms. The first-order valence-corrected chi connectivity index (χ1v) is 10.6. The molecule has 1 saturated heterocycles. The third-order valence-corrected chi connectivity index (χ3v) is 5.84. The van der Waals surface area contributed by atoms with E-state index in [9.17, 15) is 4.79 Å². The normalized spacial score (nSPS) is 14.9. The molecular formula is C24H24N4O3. The summed E-state index contributed by atoms with van der Waals surface area (Å²) in [5, 5.41) is 4.70. The lowest BCUT2D eigenvalue weighted by Crippen LogP contribution is -2.49. The molecule has 0 N–H and O–H groups in total. The molecule has 1 fully saturated rings. The second kappa shape index (κ2) is 8.35. The van der Waals surface area contributed by atoms with Crippen LogP contribution in [0.15, 0.2) is 63.7 Å². The van der Waals surface area contributed by atoms with Crippen LogP contribution < -0.4 is 0 Å². The first-order valence-electron chi connectivity index (χ1n) is 10.6. The molecule has 3 aromatic heterocycles.